The molecule has 12 rings (SSSR count). The summed E-state index contributed by atoms with van der Waals surface area (Å²) < 4.78 is 6.18. The molecule has 6 atom stereocenters. The number of ether oxygens (including phenoxy) is 1. The summed E-state index contributed by atoms with van der Waals surface area (Å²) in [6.07, 6.45) is 3.46. The van der Waals surface area contributed by atoms with Crippen LogP contribution in [0.25, 0.3) is 12.2 Å². The summed E-state index contributed by atoms with van der Waals surface area (Å²) in [5, 5.41) is 105. The zero-order valence-electron chi connectivity index (χ0n) is 67.6. The lowest BCUT2D eigenvalue weighted by molar-refractivity contribution is -0.137. The minimum absolute atomic E-state index is 0.00840. The second kappa shape index (κ2) is 43.4. The number of fused-ring (bicyclic) bond motifs is 18. The molecule has 9 amide bonds. The predicted octanol–water partition coefficient (Wildman–Crippen LogP) is 4.71. The number of aliphatic carboxylic acids is 1. The van der Waals surface area contributed by atoms with E-state index in [1.807, 2.05) is 31.7 Å². The van der Waals surface area contributed by atoms with Crippen molar-refractivity contribution >= 4 is 94.3 Å². The van der Waals surface area contributed by atoms with Crippen LogP contribution in [0.15, 0.2) is 127 Å². The highest BCUT2D eigenvalue weighted by Crippen LogP contribution is 2.40. The molecule has 12 bridgehead atoms. The highest BCUT2D eigenvalue weighted by molar-refractivity contribution is 7.80. The minimum Gasteiger partial charge on any atom is -0.508 e. The first-order chi connectivity index (χ1) is 58.8. The van der Waals surface area contributed by atoms with E-state index in [-0.39, 0.29) is 225 Å². The zero-order chi connectivity index (χ0) is 86.9. The van der Waals surface area contributed by atoms with Gasteiger partial charge in [-0.15, -0.1) is 0 Å². The number of carboxylic acids is 2. The topological polar surface area (TPSA) is 460 Å². The van der Waals surface area contributed by atoms with Gasteiger partial charge in [-0.2, -0.15) is 0 Å². The smallest absolute Gasteiger partial charge is 0.336 e. The van der Waals surface area contributed by atoms with Crippen molar-refractivity contribution in [3.63, 3.8) is 0 Å². The van der Waals surface area contributed by atoms with Gasteiger partial charge in [-0.3, -0.25) is 67.5 Å². The predicted molar refractivity (Wildman–Crippen MR) is 457 cm³/mol. The molecule has 644 valence electrons. The number of nitrogens with zero attached hydrogens (tertiary/aromatic N) is 4. The number of thiocarbonyl (C=S) groups is 1. The first-order valence-corrected chi connectivity index (χ1v) is 41.4. The fourth-order valence-electron chi connectivity index (χ4n) is 15.3. The summed E-state index contributed by atoms with van der Waals surface area (Å²) in [6.45, 7) is 4.89. The molecule has 122 heavy (non-hydrogen) atoms. The Morgan fingerprint density at radius 3 is 1.26 bits per heavy atom. The molecule has 0 radical (unpaired) electrons. The maximum Gasteiger partial charge on any atom is 0.336 e. The van der Waals surface area contributed by atoms with Crippen LogP contribution in [0.4, 0.5) is 0 Å². The number of rotatable bonds is 19. The van der Waals surface area contributed by atoms with E-state index in [4.69, 9.17) is 17.0 Å². The van der Waals surface area contributed by atoms with Crippen LogP contribution in [0.3, 0.4) is 0 Å². The molecular weight excluding hydrogens is 1590 g/mol. The molecule has 7 aromatic rings. The maximum atomic E-state index is 15.0. The third-order valence-electron chi connectivity index (χ3n) is 21.8. The van der Waals surface area contributed by atoms with Crippen molar-refractivity contribution in [2.24, 2.45) is 0 Å². The van der Waals surface area contributed by atoms with Crippen LogP contribution in [0.5, 0.6) is 40.2 Å². The van der Waals surface area contributed by atoms with E-state index in [0.717, 1.165) is 0 Å². The van der Waals surface area contributed by atoms with E-state index in [9.17, 15) is 83.7 Å². The van der Waals surface area contributed by atoms with E-state index in [1.54, 1.807) is 30.3 Å². The quantitative estimate of drug-likeness (QED) is 0.0385. The zero-order valence-corrected chi connectivity index (χ0v) is 68.4. The number of hydrogen-bond donors (Lipinski definition) is 16. The molecule has 5 aliphatic heterocycles. The molecule has 32 nitrogen and oxygen atoms in total. The van der Waals surface area contributed by atoms with Crippen LogP contribution < -0.4 is 63.0 Å². The number of aromatic carboxylic acids is 1. The summed E-state index contributed by atoms with van der Waals surface area (Å²) in [5.41, 5.74) is 0.540. The number of carbonyl (C=O) groups excluding carboxylic acids is 9. The number of phenolic OH excluding ortho intramolecular Hbond substituents is 5. The first-order valence-electron chi connectivity index (χ1n) is 41.0. The van der Waals surface area contributed by atoms with Crippen LogP contribution in [-0.2, 0) is 16.0 Å². The maximum absolute atomic E-state index is 15.0. The van der Waals surface area contributed by atoms with Crippen molar-refractivity contribution in [1.29, 1.82) is 0 Å². The Labute approximate surface area is 709 Å². The molecule has 0 aromatic heterocycles. The third kappa shape index (κ3) is 24.5. The SMILES string of the molecule is C=c1ccc2c(c1)Oc1cc(O)ccc1C=2c1ccc(CC(=S)CCCCCC2CN3CCNC(=O)c4cccc(c4O)C(=O)NCCN(CCNC(=O)c4cccc(c4O)C(=O)N2)CCN2CCNC(=O)c4cccc(c4O)C(=O)NCCN(CC3)CC(CCCCNC(=O)CCCC(=O)O)NC(=O)c3cccc(c3O)C(=O)NCC2)cc1C(=O)O. The fourth-order valence-corrected chi connectivity index (χ4v) is 15.6. The number of hydrogen-bond acceptors (Lipinski definition) is 22. The molecular formula is C89H103N13O19S. The number of nitrogens with one attached hydrogen (secondary N) is 9. The Balaban J connectivity index is 0.940. The van der Waals surface area contributed by atoms with Gasteiger partial charge in [0, 0.05) is 178 Å². The molecule has 0 aliphatic carbocycles. The Hall–Kier alpha value is -12.8. The van der Waals surface area contributed by atoms with Crippen LogP contribution in [0, 0.1) is 0 Å². The van der Waals surface area contributed by atoms with Crippen molar-refractivity contribution in [2.75, 3.05) is 124 Å². The average molecular weight is 1690 g/mol. The van der Waals surface area contributed by atoms with Gasteiger partial charge in [0.15, 0.2) is 0 Å². The second-order valence-electron chi connectivity index (χ2n) is 30.5. The van der Waals surface area contributed by atoms with E-state index >= 15 is 4.79 Å². The highest BCUT2D eigenvalue weighted by Gasteiger charge is 2.31. The number of benzene rings is 7. The van der Waals surface area contributed by atoms with Crippen molar-refractivity contribution in [2.45, 2.75) is 89.1 Å². The molecule has 16 N–H and O–H groups in total. The van der Waals surface area contributed by atoms with Crippen LogP contribution >= 0.6 is 12.2 Å². The minimum atomic E-state index is -1.18. The van der Waals surface area contributed by atoms with Gasteiger partial charge in [0.05, 0.1) is 50.1 Å². The summed E-state index contributed by atoms with van der Waals surface area (Å²) in [4.78, 5) is 161. The van der Waals surface area contributed by atoms with Gasteiger partial charge >= 0.3 is 11.9 Å². The monoisotopic (exact) mass is 1690 g/mol. The standard InChI is InChI=1S/C89H103N13O19S/c1-54-25-28-61-72(48-54)121-73-51-58(103)27-30-62(73)76(61)60-29-26-55(50-71(60)89(119)120)49-59(122)14-4-2-3-12-56-52-101-42-36-95-83(113)65-17-7-15-63(77(65)107)81(111)91-32-38-99(40-34-93-85(115)67-19-9-21-69(79(67)109)87(117)97-56)44-45-100-39-33-92-82(112)64-16-8-18-66(78(64)108)84(114)96-37-43-102(47-46-101)53-57(13-5-6-31-90-74(104)23-11-24-75(105)106)98-88(118)70-22-10-20-68(80(70)110)86(116)94-35-41-100/h7-10,15-22,25-30,48,50-51,56-57,103,107-110H,1-6,11-14,23-24,31-47,49,52-53H2,(H,90,104)(H,91,111)(H,92,112)(H,93,115)(H,94,116)(H,95,113)(H,96,114)(H,97,117)(H,98,118)(H,105,106)(H,119,120). The van der Waals surface area contributed by atoms with E-state index in [1.165, 1.54) is 84.9 Å². The second-order valence-corrected chi connectivity index (χ2v) is 31.1. The highest BCUT2D eigenvalue weighted by atomic mass is 32.1. The molecule has 5 aliphatic rings. The van der Waals surface area contributed by atoms with Gasteiger partial charge in [-0.05, 0) is 139 Å². The van der Waals surface area contributed by atoms with Crippen molar-refractivity contribution in [1.82, 2.24) is 67.5 Å². The van der Waals surface area contributed by atoms with Gasteiger partial charge in [-0.1, -0.05) is 80.2 Å². The number of amides is 9. The average Bonchev–Trinajstić information content (AvgIpc) is 0.745. The largest absolute Gasteiger partial charge is 0.508 e. The van der Waals surface area contributed by atoms with Crippen LogP contribution in [-0.4, -0.2) is 262 Å². The van der Waals surface area contributed by atoms with Gasteiger partial charge in [0.25, 0.3) is 47.3 Å². The Morgan fingerprint density at radius 1 is 0.418 bits per heavy atom. The number of para-hydroxylation sites is 4. The molecule has 7 aromatic carbocycles. The van der Waals surface area contributed by atoms with Crippen LogP contribution in [0.1, 0.15) is 181 Å². The molecule has 0 saturated carbocycles. The van der Waals surface area contributed by atoms with Gasteiger partial charge < -0.3 is 88.3 Å². The molecule has 6 unspecified atom stereocenters. The summed E-state index contributed by atoms with van der Waals surface area (Å²) >= 11 is 6.01. The van der Waals surface area contributed by atoms with Gasteiger partial charge in [-0.25, -0.2) is 4.79 Å². The lowest BCUT2D eigenvalue weighted by Gasteiger charge is -2.33. The number of carboxylic acid groups (broad SMARTS) is 2. The summed E-state index contributed by atoms with van der Waals surface area (Å²) in [6, 6.07) is 30.4. The van der Waals surface area contributed by atoms with Crippen molar-refractivity contribution in [3.8, 4) is 40.2 Å². The molecule has 33 heteroatoms. The Bertz CT molecular complexity index is 5220. The number of aromatic hydroxyl groups is 5. The van der Waals surface area contributed by atoms with E-state index in [0.29, 0.717) is 87.6 Å². The molecule has 0 fully saturated rings. The van der Waals surface area contributed by atoms with E-state index in [2.05, 4.69) is 54.4 Å². The molecule has 0 saturated heterocycles. The Morgan fingerprint density at radius 2 is 0.828 bits per heavy atom. The van der Waals surface area contributed by atoms with Gasteiger partial charge in [0.2, 0.25) is 5.91 Å². The van der Waals surface area contributed by atoms with Crippen molar-refractivity contribution < 1.29 is 93.2 Å². The van der Waals surface area contributed by atoms with Crippen molar-refractivity contribution in [3.05, 3.63) is 205 Å². The molecule has 0 spiro atoms. The number of unbranched alkanes of at least 4 members (excludes halogenated alkanes) is 3. The lowest BCUT2D eigenvalue weighted by Crippen LogP contribution is -2.50. The van der Waals surface area contributed by atoms with E-state index < -0.39 is 94.3 Å². The summed E-state index contributed by atoms with van der Waals surface area (Å²) in [5.74, 6) is -10.1. The Kier molecular flexibility index (Phi) is 32.0. The fraction of sp³-hybridized carbons (Fsp3) is 0.371. The number of carbonyl (C=O) groups is 11. The summed E-state index contributed by atoms with van der Waals surface area (Å²) in [7, 11) is 0. The normalized spacial score (nSPS) is 19.4. The molecule has 5 heterocycles. The van der Waals surface area contributed by atoms with Crippen LogP contribution in [0.2, 0.25) is 0 Å². The lowest BCUT2D eigenvalue weighted by atomic mass is 9.88. The first kappa shape index (κ1) is 90.0. The van der Waals surface area contributed by atoms with Gasteiger partial charge in [0.1, 0.15) is 40.2 Å². The third-order valence-corrected chi connectivity index (χ3v) is 22.2. The number of phenols is 5.